The maximum absolute atomic E-state index is 11.9. The summed E-state index contributed by atoms with van der Waals surface area (Å²) in [4.78, 5) is 33.5. The lowest BCUT2D eigenvalue weighted by atomic mass is 10.1. The van der Waals surface area contributed by atoms with Crippen LogP contribution in [0.25, 0.3) is 0 Å². The van der Waals surface area contributed by atoms with Crippen LogP contribution in [0.1, 0.15) is 26.2 Å². The van der Waals surface area contributed by atoms with Crippen molar-refractivity contribution in [2.45, 2.75) is 32.2 Å². The molecular weight excluding hydrogens is 306 g/mol. The van der Waals surface area contributed by atoms with Crippen molar-refractivity contribution in [2.75, 3.05) is 39.5 Å². The van der Waals surface area contributed by atoms with Crippen LogP contribution in [0.15, 0.2) is 0 Å². The van der Waals surface area contributed by atoms with Crippen LogP contribution in [0.2, 0.25) is 0 Å². The second-order valence-corrected chi connectivity index (χ2v) is 4.84. The summed E-state index contributed by atoms with van der Waals surface area (Å²) in [5, 5.41) is 13.7. The summed E-state index contributed by atoms with van der Waals surface area (Å²) in [6, 6.07) is -0.858. The molecule has 0 aromatic carbocycles. The Morgan fingerprint density at radius 3 is 2.35 bits per heavy atom. The lowest BCUT2D eigenvalue weighted by Gasteiger charge is -2.16. The minimum Gasteiger partial charge on any atom is -0.481 e. The average molecular weight is 333 g/mol. The summed E-state index contributed by atoms with van der Waals surface area (Å²) >= 11 is 0. The number of hydrogen-bond acceptors (Lipinski definition) is 6. The fraction of sp³-hybridized carbons (Fsp3) is 0.786. The first-order chi connectivity index (χ1) is 11.0. The van der Waals surface area contributed by atoms with Crippen LogP contribution in [-0.2, 0) is 23.9 Å². The molecule has 5 N–H and O–H groups in total. The largest absolute Gasteiger partial charge is 0.481 e. The molecule has 9 heteroatoms. The van der Waals surface area contributed by atoms with Gasteiger partial charge in [0.2, 0.25) is 11.8 Å². The first-order valence-corrected chi connectivity index (χ1v) is 7.59. The number of amides is 2. The molecule has 23 heavy (non-hydrogen) atoms. The van der Waals surface area contributed by atoms with Crippen molar-refractivity contribution in [2.24, 2.45) is 5.73 Å². The molecule has 0 bridgehead atoms. The van der Waals surface area contributed by atoms with Gasteiger partial charge in [0.05, 0.1) is 19.8 Å². The second kappa shape index (κ2) is 13.9. The molecule has 0 aliphatic carbocycles. The number of carboxylic acid groups (broad SMARTS) is 1. The summed E-state index contributed by atoms with van der Waals surface area (Å²) < 4.78 is 10.5. The zero-order valence-electron chi connectivity index (χ0n) is 13.5. The minimum atomic E-state index is -1.02. The topological polar surface area (TPSA) is 140 Å². The quantitative estimate of drug-likeness (QED) is 0.294. The van der Waals surface area contributed by atoms with Crippen LogP contribution in [-0.4, -0.2) is 68.4 Å². The highest BCUT2D eigenvalue weighted by molar-refractivity contribution is 5.87. The highest BCUT2D eigenvalue weighted by atomic mass is 16.5. The lowest BCUT2D eigenvalue weighted by Crippen LogP contribution is -2.47. The van der Waals surface area contributed by atoms with Crippen LogP contribution >= 0.6 is 0 Å². The van der Waals surface area contributed by atoms with Gasteiger partial charge < -0.3 is 30.9 Å². The van der Waals surface area contributed by atoms with Crippen molar-refractivity contribution in [1.29, 1.82) is 0 Å². The molecule has 0 radical (unpaired) electrons. The average Bonchev–Trinajstić information content (AvgIpc) is 2.49. The fourth-order valence-corrected chi connectivity index (χ4v) is 1.66. The number of carboxylic acids is 1. The summed E-state index contributed by atoms with van der Waals surface area (Å²) in [6.45, 7) is 3.90. The van der Waals surface area contributed by atoms with Gasteiger partial charge in [-0.05, 0) is 19.4 Å². The molecule has 2 amide bonds. The molecule has 0 heterocycles. The van der Waals surface area contributed by atoms with Crippen LogP contribution in [0.3, 0.4) is 0 Å². The van der Waals surface area contributed by atoms with Crippen molar-refractivity contribution in [3.05, 3.63) is 0 Å². The number of carbonyl (C=O) groups excluding carboxylic acids is 2. The van der Waals surface area contributed by atoms with Gasteiger partial charge in [-0.25, -0.2) is 0 Å². The van der Waals surface area contributed by atoms with Crippen molar-refractivity contribution < 1.29 is 29.0 Å². The molecule has 0 saturated heterocycles. The zero-order chi connectivity index (χ0) is 17.5. The van der Waals surface area contributed by atoms with Crippen molar-refractivity contribution >= 4 is 17.8 Å². The molecule has 0 rings (SSSR count). The van der Waals surface area contributed by atoms with Crippen molar-refractivity contribution in [3.63, 3.8) is 0 Å². The predicted molar refractivity (Wildman–Crippen MR) is 82.8 cm³/mol. The minimum absolute atomic E-state index is 0.0383. The molecule has 0 spiro atoms. The molecule has 9 nitrogen and oxygen atoms in total. The van der Waals surface area contributed by atoms with Gasteiger partial charge in [-0.2, -0.15) is 0 Å². The number of carbonyl (C=O) groups is 3. The molecular formula is C14H27N3O6. The summed E-state index contributed by atoms with van der Waals surface area (Å²) in [5.41, 5.74) is 5.32. The molecule has 0 aromatic rings. The standard InChI is InChI=1S/C14H27N3O6/c1-11(18)17-12(3-4-13(19)20)14(21)16-6-8-23-10-9-22-7-2-5-15/h12H,2-10,15H2,1H3,(H,16,21)(H,17,18)(H,19,20). The number of nitrogens with one attached hydrogen (secondary N) is 2. The van der Waals surface area contributed by atoms with E-state index in [1.54, 1.807) is 0 Å². The Morgan fingerprint density at radius 2 is 1.78 bits per heavy atom. The van der Waals surface area contributed by atoms with E-state index in [4.69, 9.17) is 20.3 Å². The number of ether oxygens (including phenoxy) is 2. The van der Waals surface area contributed by atoms with Crippen molar-refractivity contribution in [3.8, 4) is 0 Å². The third-order valence-corrected chi connectivity index (χ3v) is 2.75. The van der Waals surface area contributed by atoms with Crippen molar-refractivity contribution in [1.82, 2.24) is 10.6 Å². The Kier molecular flexibility index (Phi) is 12.9. The molecule has 0 aliphatic heterocycles. The van der Waals surface area contributed by atoms with Crippen LogP contribution in [0.5, 0.6) is 0 Å². The number of rotatable bonds is 14. The normalized spacial score (nSPS) is 11.7. The van der Waals surface area contributed by atoms with Crippen LogP contribution in [0, 0.1) is 0 Å². The van der Waals surface area contributed by atoms with E-state index in [1.165, 1.54) is 6.92 Å². The summed E-state index contributed by atoms with van der Waals surface area (Å²) in [6.07, 6.45) is 0.641. The van der Waals surface area contributed by atoms with Gasteiger partial charge in [0.15, 0.2) is 0 Å². The van der Waals surface area contributed by atoms with Gasteiger partial charge in [-0.1, -0.05) is 0 Å². The molecule has 0 aromatic heterocycles. The second-order valence-electron chi connectivity index (χ2n) is 4.84. The first-order valence-electron chi connectivity index (χ1n) is 7.59. The molecule has 1 unspecified atom stereocenters. The Hall–Kier alpha value is -1.71. The maximum Gasteiger partial charge on any atom is 0.303 e. The molecule has 1 atom stereocenters. The maximum atomic E-state index is 11.9. The number of nitrogens with two attached hydrogens (primary N) is 1. The van der Waals surface area contributed by atoms with E-state index < -0.39 is 17.9 Å². The third-order valence-electron chi connectivity index (χ3n) is 2.75. The van der Waals surface area contributed by atoms with Gasteiger partial charge in [-0.3, -0.25) is 14.4 Å². The third kappa shape index (κ3) is 13.7. The smallest absolute Gasteiger partial charge is 0.303 e. The van der Waals surface area contributed by atoms with E-state index in [2.05, 4.69) is 10.6 Å². The summed E-state index contributed by atoms with van der Waals surface area (Å²) in [5.74, 6) is -1.84. The Morgan fingerprint density at radius 1 is 1.13 bits per heavy atom. The molecule has 0 fully saturated rings. The molecule has 0 saturated carbocycles. The predicted octanol–water partition coefficient (Wildman–Crippen LogP) is -1.15. The Balaban J connectivity index is 3.81. The Labute approximate surface area is 135 Å². The number of hydrogen-bond donors (Lipinski definition) is 4. The molecule has 134 valence electrons. The fourth-order valence-electron chi connectivity index (χ4n) is 1.66. The van der Waals surface area contributed by atoms with Crippen LogP contribution in [0.4, 0.5) is 0 Å². The SMILES string of the molecule is CC(=O)NC(CCC(=O)O)C(=O)NCCOCCOCCCN. The van der Waals surface area contributed by atoms with E-state index >= 15 is 0 Å². The van der Waals surface area contributed by atoms with Crippen LogP contribution < -0.4 is 16.4 Å². The van der Waals surface area contributed by atoms with Gasteiger partial charge in [-0.15, -0.1) is 0 Å². The van der Waals surface area contributed by atoms with E-state index in [1.807, 2.05) is 0 Å². The molecule has 0 aliphatic rings. The van der Waals surface area contributed by atoms with E-state index in [-0.39, 0.29) is 25.3 Å². The number of aliphatic carboxylic acids is 1. The highest BCUT2D eigenvalue weighted by Crippen LogP contribution is 1.98. The first kappa shape index (κ1) is 21.3. The van der Waals surface area contributed by atoms with E-state index in [9.17, 15) is 14.4 Å². The summed E-state index contributed by atoms with van der Waals surface area (Å²) in [7, 11) is 0. The highest BCUT2D eigenvalue weighted by Gasteiger charge is 2.19. The Bertz CT molecular complexity index is 364. The van der Waals surface area contributed by atoms with E-state index in [0.717, 1.165) is 6.42 Å². The van der Waals surface area contributed by atoms with E-state index in [0.29, 0.717) is 33.0 Å². The lowest BCUT2D eigenvalue weighted by molar-refractivity contribution is -0.137. The monoisotopic (exact) mass is 333 g/mol. The zero-order valence-corrected chi connectivity index (χ0v) is 13.5. The van der Waals surface area contributed by atoms with Gasteiger partial charge in [0.25, 0.3) is 0 Å². The van der Waals surface area contributed by atoms with Gasteiger partial charge in [0.1, 0.15) is 6.04 Å². The van der Waals surface area contributed by atoms with Gasteiger partial charge in [0, 0.05) is 26.5 Å². The van der Waals surface area contributed by atoms with Gasteiger partial charge >= 0.3 is 5.97 Å².